The van der Waals surface area contributed by atoms with Gasteiger partial charge in [-0.15, -0.1) is 0 Å². The minimum atomic E-state index is 0.969. The topological polar surface area (TPSA) is 0 Å². The maximum atomic E-state index is 2.40. The number of rotatable bonds is 9. The minimum Gasteiger partial charge on any atom is -0.0654 e. The average molecular weight is 185 g/mol. The summed E-state index contributed by atoms with van der Waals surface area (Å²) in [6.07, 6.45) is 12.9. The van der Waals surface area contributed by atoms with Crippen LogP contribution in [0.1, 0.15) is 78.6 Å². The highest BCUT2D eigenvalue weighted by Gasteiger charge is 1.99. The maximum Gasteiger partial charge on any atom is -0.0443 e. The lowest BCUT2D eigenvalue weighted by atomic mass is 9.99. The lowest BCUT2D eigenvalue weighted by molar-refractivity contribution is 0.452. The molecule has 0 N–H and O–H groups in total. The molecule has 0 spiro atoms. The molecule has 1 unspecified atom stereocenters. The zero-order valence-electron chi connectivity index (χ0n) is 9.94. The first-order valence-electron chi connectivity index (χ1n) is 6.31. The predicted molar refractivity (Wildman–Crippen MR) is 62.1 cm³/mol. The van der Waals surface area contributed by atoms with Crippen molar-refractivity contribution >= 4 is 0 Å². The van der Waals surface area contributed by atoms with Gasteiger partial charge >= 0.3 is 0 Å². The molecular weight excluding hydrogens is 157 g/mol. The average Bonchev–Trinajstić information content (AvgIpc) is 2.11. The van der Waals surface area contributed by atoms with Crippen molar-refractivity contribution in [2.24, 2.45) is 5.92 Å². The molecule has 0 heterocycles. The Bertz CT molecular complexity index is 86.0. The van der Waals surface area contributed by atoms with E-state index in [9.17, 15) is 0 Å². The minimum absolute atomic E-state index is 0.969. The molecule has 0 aromatic carbocycles. The van der Waals surface area contributed by atoms with Crippen LogP contribution >= 0.6 is 0 Å². The van der Waals surface area contributed by atoms with E-state index < -0.39 is 0 Å². The van der Waals surface area contributed by atoms with Gasteiger partial charge in [0.15, 0.2) is 0 Å². The molecule has 0 saturated heterocycles. The summed E-state index contributed by atoms with van der Waals surface area (Å²) in [6, 6.07) is 0. The predicted octanol–water partition coefficient (Wildman–Crippen LogP) is 5.17. The summed E-state index contributed by atoms with van der Waals surface area (Å²) in [5, 5.41) is 0. The molecule has 0 fully saturated rings. The van der Waals surface area contributed by atoms with Gasteiger partial charge in [-0.05, 0) is 5.92 Å². The molecule has 0 rings (SSSR count). The second kappa shape index (κ2) is 10.1. The fourth-order valence-corrected chi connectivity index (χ4v) is 1.91. The third kappa shape index (κ3) is 9.92. The van der Waals surface area contributed by atoms with E-state index >= 15 is 0 Å². The Morgan fingerprint density at radius 1 is 0.692 bits per heavy atom. The van der Waals surface area contributed by atoms with Crippen LogP contribution in [-0.2, 0) is 0 Å². The quantitative estimate of drug-likeness (QED) is 0.343. The van der Waals surface area contributed by atoms with Gasteiger partial charge in [0.25, 0.3) is 0 Å². The Morgan fingerprint density at radius 3 is 1.92 bits per heavy atom. The fraction of sp³-hybridized carbons (Fsp3) is 1.00. The van der Waals surface area contributed by atoms with Gasteiger partial charge in [-0.3, -0.25) is 0 Å². The summed E-state index contributed by atoms with van der Waals surface area (Å²) in [4.78, 5) is 0. The first kappa shape index (κ1) is 13.0. The van der Waals surface area contributed by atoms with E-state index in [-0.39, 0.29) is 0 Å². The fourth-order valence-electron chi connectivity index (χ4n) is 1.91. The molecule has 0 aromatic rings. The lowest BCUT2D eigenvalue weighted by Gasteiger charge is -2.08. The van der Waals surface area contributed by atoms with Crippen molar-refractivity contribution in [3.63, 3.8) is 0 Å². The largest absolute Gasteiger partial charge is 0.0654 e. The van der Waals surface area contributed by atoms with Crippen LogP contribution in [0.3, 0.4) is 0 Å². The summed E-state index contributed by atoms with van der Waals surface area (Å²) < 4.78 is 0. The Morgan fingerprint density at radius 2 is 1.31 bits per heavy atom. The molecule has 0 aliphatic carbocycles. The summed E-state index contributed by atoms with van der Waals surface area (Å²) >= 11 is 0. The molecule has 0 aliphatic heterocycles. The number of hydrogen-bond acceptors (Lipinski definition) is 0. The monoisotopic (exact) mass is 185 g/mol. The highest BCUT2D eigenvalue weighted by atomic mass is 14.1. The standard InChI is InChI=1S/C13H28/c1-4-6-7-8-9-10-12-13(3)11-5-2/h13H,4-12H2,1-3H3/i2+1. The zero-order valence-corrected chi connectivity index (χ0v) is 9.94. The Hall–Kier alpha value is 0. The van der Waals surface area contributed by atoms with Crippen molar-refractivity contribution in [2.45, 2.75) is 78.6 Å². The lowest BCUT2D eigenvalue weighted by Crippen LogP contribution is -1.93. The molecule has 0 saturated carbocycles. The van der Waals surface area contributed by atoms with E-state index in [1.807, 2.05) is 0 Å². The molecule has 0 radical (unpaired) electrons. The molecule has 13 heavy (non-hydrogen) atoms. The first-order valence-corrected chi connectivity index (χ1v) is 6.31. The van der Waals surface area contributed by atoms with E-state index in [0.717, 1.165) is 5.92 Å². The second-order valence-electron chi connectivity index (χ2n) is 4.45. The second-order valence-corrected chi connectivity index (χ2v) is 4.45. The van der Waals surface area contributed by atoms with Gasteiger partial charge in [0, 0.05) is 0 Å². The van der Waals surface area contributed by atoms with Crippen molar-refractivity contribution in [2.75, 3.05) is 0 Å². The van der Waals surface area contributed by atoms with Crippen LogP contribution in [0.4, 0.5) is 0 Å². The Labute approximate surface area is 85.1 Å². The highest BCUT2D eigenvalue weighted by molar-refractivity contribution is 4.53. The van der Waals surface area contributed by atoms with Gasteiger partial charge in [0.2, 0.25) is 0 Å². The molecular formula is C13H28. The van der Waals surface area contributed by atoms with Crippen molar-refractivity contribution in [3.05, 3.63) is 0 Å². The van der Waals surface area contributed by atoms with Crippen molar-refractivity contribution in [3.8, 4) is 0 Å². The van der Waals surface area contributed by atoms with Gasteiger partial charge in [-0.2, -0.15) is 0 Å². The molecule has 0 aromatic heterocycles. The molecule has 0 aliphatic rings. The smallest absolute Gasteiger partial charge is 0.0443 e. The first-order chi connectivity index (χ1) is 6.31. The maximum absolute atomic E-state index is 2.40. The van der Waals surface area contributed by atoms with E-state index in [1.54, 1.807) is 0 Å². The van der Waals surface area contributed by atoms with Crippen LogP contribution in [-0.4, -0.2) is 0 Å². The van der Waals surface area contributed by atoms with Crippen LogP contribution in [0.15, 0.2) is 0 Å². The van der Waals surface area contributed by atoms with Gasteiger partial charge in [-0.1, -0.05) is 78.6 Å². The molecule has 80 valence electrons. The van der Waals surface area contributed by atoms with E-state index in [0.29, 0.717) is 0 Å². The van der Waals surface area contributed by atoms with Crippen molar-refractivity contribution in [1.29, 1.82) is 0 Å². The SMILES string of the molecule is CCCCCCCCC(C)CC[13CH3]. The van der Waals surface area contributed by atoms with Crippen LogP contribution in [0, 0.1) is 5.92 Å². The Balaban J connectivity index is 2.97. The highest BCUT2D eigenvalue weighted by Crippen LogP contribution is 2.15. The third-order valence-electron chi connectivity index (χ3n) is 2.83. The molecule has 1 atom stereocenters. The summed E-state index contributed by atoms with van der Waals surface area (Å²) in [7, 11) is 0. The summed E-state index contributed by atoms with van der Waals surface area (Å²) in [5.74, 6) is 0.969. The normalized spacial score (nSPS) is 13.2. The molecule has 0 amide bonds. The van der Waals surface area contributed by atoms with Crippen LogP contribution < -0.4 is 0 Å². The summed E-state index contributed by atoms with van der Waals surface area (Å²) in [6.45, 7) is 6.97. The summed E-state index contributed by atoms with van der Waals surface area (Å²) in [5.41, 5.74) is 0. The van der Waals surface area contributed by atoms with Gasteiger partial charge in [-0.25, -0.2) is 0 Å². The van der Waals surface area contributed by atoms with Gasteiger partial charge < -0.3 is 0 Å². The van der Waals surface area contributed by atoms with Crippen LogP contribution in [0.25, 0.3) is 0 Å². The van der Waals surface area contributed by atoms with Gasteiger partial charge in [0.1, 0.15) is 0 Å². The number of hydrogen-bond donors (Lipinski definition) is 0. The van der Waals surface area contributed by atoms with Crippen molar-refractivity contribution < 1.29 is 0 Å². The zero-order chi connectivity index (χ0) is 9.94. The Kier molecular flexibility index (Phi) is 10.1. The molecule has 0 heteroatoms. The van der Waals surface area contributed by atoms with Crippen LogP contribution in [0.2, 0.25) is 0 Å². The van der Waals surface area contributed by atoms with Crippen LogP contribution in [0.5, 0.6) is 0 Å². The molecule has 0 bridgehead atoms. The third-order valence-corrected chi connectivity index (χ3v) is 2.83. The molecule has 0 nitrogen and oxygen atoms in total. The van der Waals surface area contributed by atoms with Gasteiger partial charge in [0.05, 0.1) is 0 Å². The van der Waals surface area contributed by atoms with E-state index in [1.165, 1.54) is 57.8 Å². The van der Waals surface area contributed by atoms with E-state index in [4.69, 9.17) is 0 Å². The van der Waals surface area contributed by atoms with E-state index in [2.05, 4.69) is 20.8 Å². The van der Waals surface area contributed by atoms with Crippen molar-refractivity contribution in [1.82, 2.24) is 0 Å². The number of unbranched alkanes of at least 4 members (excludes halogenated alkanes) is 5.